The van der Waals surface area contributed by atoms with Crippen LogP contribution in [0.15, 0.2) is 42.5 Å². The van der Waals surface area contributed by atoms with Crippen LogP contribution in [0.3, 0.4) is 0 Å². The van der Waals surface area contributed by atoms with Gasteiger partial charge in [0.15, 0.2) is 0 Å². The summed E-state index contributed by atoms with van der Waals surface area (Å²) in [7, 11) is 0. The molecule has 0 saturated heterocycles. The SMILES string of the molecule is Cc1cccc(OCCCNC(=O)Cc2c(F)cccc2Cl)c1. The summed E-state index contributed by atoms with van der Waals surface area (Å²) in [5.41, 5.74) is 1.36. The maximum Gasteiger partial charge on any atom is 0.224 e. The van der Waals surface area contributed by atoms with Gasteiger partial charge in [0.2, 0.25) is 5.91 Å². The number of rotatable bonds is 7. The van der Waals surface area contributed by atoms with Gasteiger partial charge in [0.05, 0.1) is 13.0 Å². The Hall–Kier alpha value is -2.07. The predicted molar refractivity (Wildman–Crippen MR) is 89.4 cm³/mol. The van der Waals surface area contributed by atoms with Crippen LogP contribution in [0.5, 0.6) is 5.75 Å². The van der Waals surface area contributed by atoms with Crippen LogP contribution < -0.4 is 10.1 Å². The first kappa shape index (κ1) is 17.3. The van der Waals surface area contributed by atoms with E-state index in [1.807, 2.05) is 31.2 Å². The minimum Gasteiger partial charge on any atom is -0.494 e. The molecule has 0 fully saturated rings. The molecular formula is C18H19ClFNO2. The monoisotopic (exact) mass is 335 g/mol. The molecule has 0 atom stereocenters. The van der Waals surface area contributed by atoms with Crippen molar-refractivity contribution >= 4 is 17.5 Å². The number of aryl methyl sites for hydroxylation is 1. The van der Waals surface area contributed by atoms with Gasteiger partial charge in [0.1, 0.15) is 11.6 Å². The van der Waals surface area contributed by atoms with Crippen molar-refractivity contribution in [2.75, 3.05) is 13.2 Å². The van der Waals surface area contributed by atoms with Crippen molar-refractivity contribution in [3.63, 3.8) is 0 Å². The average molecular weight is 336 g/mol. The topological polar surface area (TPSA) is 38.3 Å². The van der Waals surface area contributed by atoms with Gasteiger partial charge in [-0.05, 0) is 43.2 Å². The molecule has 0 aromatic heterocycles. The fraction of sp³-hybridized carbons (Fsp3) is 0.278. The molecule has 0 saturated carbocycles. The summed E-state index contributed by atoms with van der Waals surface area (Å²) in [4.78, 5) is 11.8. The fourth-order valence-corrected chi connectivity index (χ4v) is 2.35. The Bertz CT molecular complexity index is 656. The smallest absolute Gasteiger partial charge is 0.224 e. The van der Waals surface area contributed by atoms with Crippen molar-refractivity contribution in [3.8, 4) is 5.75 Å². The zero-order valence-electron chi connectivity index (χ0n) is 12.9. The summed E-state index contributed by atoms with van der Waals surface area (Å²) in [5, 5.41) is 3.01. The highest BCUT2D eigenvalue weighted by atomic mass is 35.5. The molecule has 0 bridgehead atoms. The minimum absolute atomic E-state index is 0.0652. The van der Waals surface area contributed by atoms with Crippen molar-refractivity contribution in [2.24, 2.45) is 0 Å². The van der Waals surface area contributed by atoms with Gasteiger partial charge in [-0.15, -0.1) is 0 Å². The van der Waals surface area contributed by atoms with Crippen molar-refractivity contribution in [1.82, 2.24) is 5.32 Å². The van der Waals surface area contributed by atoms with Crippen molar-refractivity contribution < 1.29 is 13.9 Å². The number of amides is 1. The first-order valence-electron chi connectivity index (χ1n) is 7.45. The fourth-order valence-electron chi connectivity index (χ4n) is 2.12. The van der Waals surface area contributed by atoms with Gasteiger partial charge in [-0.1, -0.05) is 29.8 Å². The molecule has 0 aliphatic carbocycles. The van der Waals surface area contributed by atoms with Crippen LogP contribution in [0.2, 0.25) is 5.02 Å². The van der Waals surface area contributed by atoms with E-state index in [1.54, 1.807) is 6.07 Å². The van der Waals surface area contributed by atoms with Gasteiger partial charge < -0.3 is 10.1 Å². The zero-order valence-corrected chi connectivity index (χ0v) is 13.7. The second kappa shape index (κ2) is 8.53. The lowest BCUT2D eigenvalue weighted by atomic mass is 10.1. The van der Waals surface area contributed by atoms with Crippen molar-refractivity contribution in [3.05, 3.63) is 64.4 Å². The van der Waals surface area contributed by atoms with E-state index in [0.29, 0.717) is 19.6 Å². The van der Waals surface area contributed by atoms with Crippen LogP contribution in [0.4, 0.5) is 4.39 Å². The summed E-state index contributed by atoms with van der Waals surface area (Å²) >= 11 is 5.90. The number of carbonyl (C=O) groups excluding carboxylic acids is 1. The highest BCUT2D eigenvalue weighted by molar-refractivity contribution is 6.31. The number of hydrogen-bond donors (Lipinski definition) is 1. The molecular weight excluding hydrogens is 317 g/mol. The van der Waals surface area contributed by atoms with Crippen LogP contribution in [0.25, 0.3) is 0 Å². The molecule has 0 heterocycles. The summed E-state index contributed by atoms with van der Waals surface area (Å²) in [5.74, 6) is 0.0949. The van der Waals surface area contributed by atoms with E-state index in [9.17, 15) is 9.18 Å². The molecule has 0 aliphatic rings. The lowest BCUT2D eigenvalue weighted by molar-refractivity contribution is -0.120. The van der Waals surface area contributed by atoms with E-state index < -0.39 is 5.82 Å². The van der Waals surface area contributed by atoms with Gasteiger partial charge in [0, 0.05) is 17.1 Å². The molecule has 1 N–H and O–H groups in total. The molecule has 23 heavy (non-hydrogen) atoms. The van der Waals surface area contributed by atoms with Crippen molar-refractivity contribution in [1.29, 1.82) is 0 Å². The summed E-state index contributed by atoms with van der Waals surface area (Å²) in [6, 6.07) is 12.2. The molecule has 2 aromatic carbocycles. The molecule has 1 amide bonds. The first-order chi connectivity index (χ1) is 11.1. The van der Waals surface area contributed by atoms with E-state index in [0.717, 1.165) is 11.3 Å². The highest BCUT2D eigenvalue weighted by Gasteiger charge is 2.11. The Morgan fingerprint density at radius 3 is 2.78 bits per heavy atom. The lowest BCUT2D eigenvalue weighted by Gasteiger charge is -2.09. The number of nitrogens with one attached hydrogen (secondary N) is 1. The maximum atomic E-state index is 13.6. The summed E-state index contributed by atoms with van der Waals surface area (Å²) < 4.78 is 19.2. The van der Waals surface area contributed by atoms with Gasteiger partial charge in [-0.25, -0.2) is 4.39 Å². The van der Waals surface area contributed by atoms with Crippen LogP contribution in [0.1, 0.15) is 17.5 Å². The third-order valence-corrected chi connectivity index (χ3v) is 3.65. The number of hydrogen-bond acceptors (Lipinski definition) is 2. The molecule has 0 unspecified atom stereocenters. The second-order valence-electron chi connectivity index (χ2n) is 5.25. The zero-order chi connectivity index (χ0) is 16.7. The van der Waals surface area contributed by atoms with E-state index in [4.69, 9.17) is 16.3 Å². The number of ether oxygens (including phenoxy) is 1. The molecule has 2 rings (SSSR count). The number of benzene rings is 2. The standard InChI is InChI=1S/C18H19ClFNO2/c1-13-5-2-6-14(11-13)23-10-4-9-21-18(22)12-15-16(19)7-3-8-17(15)20/h2-3,5-8,11H,4,9-10,12H2,1H3,(H,21,22). The van der Waals surface area contributed by atoms with E-state index in [2.05, 4.69) is 5.32 Å². The highest BCUT2D eigenvalue weighted by Crippen LogP contribution is 2.19. The largest absolute Gasteiger partial charge is 0.494 e. The van der Waals surface area contributed by atoms with Gasteiger partial charge in [-0.2, -0.15) is 0 Å². The Balaban J connectivity index is 1.69. The predicted octanol–water partition coefficient (Wildman–Crippen LogP) is 3.92. The van der Waals surface area contributed by atoms with E-state index in [-0.39, 0.29) is 22.9 Å². The van der Waals surface area contributed by atoms with E-state index in [1.165, 1.54) is 12.1 Å². The van der Waals surface area contributed by atoms with Gasteiger partial charge in [-0.3, -0.25) is 4.79 Å². The number of halogens is 2. The van der Waals surface area contributed by atoms with Crippen LogP contribution in [0, 0.1) is 12.7 Å². The molecule has 0 aliphatic heterocycles. The summed E-state index contributed by atoms with van der Waals surface area (Å²) in [6.07, 6.45) is 0.606. The third-order valence-electron chi connectivity index (χ3n) is 3.30. The average Bonchev–Trinajstić information content (AvgIpc) is 2.51. The van der Waals surface area contributed by atoms with Gasteiger partial charge >= 0.3 is 0 Å². The Kier molecular flexibility index (Phi) is 6.41. The maximum absolute atomic E-state index is 13.6. The van der Waals surface area contributed by atoms with Gasteiger partial charge in [0.25, 0.3) is 0 Å². The second-order valence-corrected chi connectivity index (χ2v) is 5.65. The minimum atomic E-state index is -0.463. The third kappa shape index (κ3) is 5.57. The van der Waals surface area contributed by atoms with E-state index >= 15 is 0 Å². The molecule has 122 valence electrons. The normalized spacial score (nSPS) is 10.4. The summed E-state index contributed by atoms with van der Waals surface area (Å²) in [6.45, 7) is 2.97. The Morgan fingerprint density at radius 2 is 2.04 bits per heavy atom. The first-order valence-corrected chi connectivity index (χ1v) is 7.83. The molecule has 0 spiro atoms. The van der Waals surface area contributed by atoms with Crippen LogP contribution >= 0.6 is 11.6 Å². The molecule has 0 radical (unpaired) electrons. The quantitative estimate of drug-likeness (QED) is 0.779. The number of carbonyl (C=O) groups is 1. The molecule has 3 nitrogen and oxygen atoms in total. The van der Waals surface area contributed by atoms with Crippen LogP contribution in [-0.2, 0) is 11.2 Å². The van der Waals surface area contributed by atoms with Crippen LogP contribution in [-0.4, -0.2) is 19.1 Å². The Morgan fingerprint density at radius 1 is 1.26 bits per heavy atom. The Labute approximate surface area is 140 Å². The molecule has 2 aromatic rings. The lowest BCUT2D eigenvalue weighted by Crippen LogP contribution is -2.27. The molecule has 5 heteroatoms. The van der Waals surface area contributed by atoms with Crippen molar-refractivity contribution in [2.45, 2.75) is 19.8 Å².